The molecule has 1 fully saturated rings. The maximum Gasteiger partial charge on any atom is 0.252 e. The van der Waals surface area contributed by atoms with Crippen molar-refractivity contribution < 1.29 is 9.59 Å². The zero-order valence-corrected chi connectivity index (χ0v) is 17.3. The minimum atomic E-state index is -0.309. The van der Waals surface area contributed by atoms with Gasteiger partial charge in [0.05, 0.1) is 11.3 Å². The maximum atomic E-state index is 12.4. The monoisotopic (exact) mass is 399 g/mol. The lowest BCUT2D eigenvalue weighted by molar-refractivity contribution is -0.121. The minimum Gasteiger partial charge on any atom is -0.354 e. The van der Waals surface area contributed by atoms with E-state index in [-0.39, 0.29) is 30.0 Å². The topological polar surface area (TPSA) is 98.0 Å². The van der Waals surface area contributed by atoms with E-state index >= 15 is 0 Å². The summed E-state index contributed by atoms with van der Waals surface area (Å²) in [5.74, 6) is -0.465. The molecular formula is C21H29N5O3. The Labute approximate surface area is 170 Å². The van der Waals surface area contributed by atoms with Gasteiger partial charge < -0.3 is 15.2 Å². The molecule has 0 bridgehead atoms. The number of hydrogen-bond acceptors (Lipinski definition) is 4. The second-order valence-electron chi connectivity index (χ2n) is 7.71. The van der Waals surface area contributed by atoms with Gasteiger partial charge in [-0.25, -0.2) is 0 Å². The largest absolute Gasteiger partial charge is 0.354 e. The fraction of sp³-hybridized carbons (Fsp3) is 0.524. The minimum absolute atomic E-state index is 0.117. The predicted octanol–water partition coefficient (Wildman–Crippen LogP) is 1.23. The van der Waals surface area contributed by atoms with E-state index in [9.17, 15) is 14.4 Å². The first-order valence-electron chi connectivity index (χ1n) is 10.1. The molecule has 156 valence electrons. The van der Waals surface area contributed by atoms with E-state index in [1.165, 1.54) is 22.9 Å². The Balaban J connectivity index is 1.56. The number of hydrogen-bond donors (Lipinski definition) is 2. The van der Waals surface area contributed by atoms with Crippen LogP contribution in [0.5, 0.6) is 0 Å². The molecule has 0 atom stereocenters. The predicted molar refractivity (Wildman–Crippen MR) is 110 cm³/mol. The number of rotatable bonds is 7. The summed E-state index contributed by atoms with van der Waals surface area (Å²) in [5.41, 5.74) is 3.24. The molecule has 2 N–H and O–H groups in total. The van der Waals surface area contributed by atoms with E-state index in [0.29, 0.717) is 18.5 Å². The molecule has 1 aliphatic carbocycles. The number of aryl methyl sites for hydroxylation is 2. The van der Waals surface area contributed by atoms with Crippen molar-refractivity contribution in [2.75, 3.05) is 6.54 Å². The van der Waals surface area contributed by atoms with Gasteiger partial charge in [0.2, 0.25) is 5.91 Å². The number of nitrogens with one attached hydrogen (secondary N) is 2. The highest BCUT2D eigenvalue weighted by molar-refractivity contribution is 5.94. The molecule has 0 spiro atoms. The molecule has 2 aromatic heterocycles. The molecular weight excluding hydrogens is 370 g/mol. The van der Waals surface area contributed by atoms with Crippen LogP contribution in [0.2, 0.25) is 0 Å². The highest BCUT2D eigenvalue weighted by Gasteiger charge is 2.18. The van der Waals surface area contributed by atoms with Crippen molar-refractivity contribution in [1.29, 1.82) is 0 Å². The van der Waals surface area contributed by atoms with E-state index in [0.717, 1.165) is 42.6 Å². The van der Waals surface area contributed by atoms with Crippen molar-refractivity contribution in [3.8, 4) is 0 Å². The zero-order valence-electron chi connectivity index (χ0n) is 17.3. The van der Waals surface area contributed by atoms with Crippen LogP contribution in [0.3, 0.4) is 0 Å². The lowest BCUT2D eigenvalue weighted by Crippen LogP contribution is -2.35. The van der Waals surface area contributed by atoms with Crippen LogP contribution in [-0.2, 0) is 24.8 Å². The lowest BCUT2D eigenvalue weighted by Gasteiger charge is -2.13. The Bertz CT molecular complexity index is 954. The normalized spacial score (nSPS) is 14.2. The van der Waals surface area contributed by atoms with Gasteiger partial charge in [-0.15, -0.1) is 0 Å². The summed E-state index contributed by atoms with van der Waals surface area (Å²) in [4.78, 5) is 36.8. The summed E-state index contributed by atoms with van der Waals surface area (Å²) in [7, 11) is 1.90. The van der Waals surface area contributed by atoms with Gasteiger partial charge in [-0.3, -0.25) is 19.1 Å². The molecule has 0 unspecified atom stereocenters. The number of amides is 2. The standard InChI is InChI=1S/C21H29N5O3/c1-14-18(15(2)25(3)24-14)10-11-22-19(27)13-26-12-16(8-9-20(26)28)21(29)23-17-6-4-5-7-17/h8-9,12,17H,4-7,10-11,13H2,1-3H3,(H,22,27)(H,23,29). The molecule has 1 aliphatic rings. The van der Waals surface area contributed by atoms with E-state index in [1.807, 2.05) is 25.6 Å². The molecule has 8 heteroatoms. The van der Waals surface area contributed by atoms with Crippen LogP contribution in [0.15, 0.2) is 23.1 Å². The summed E-state index contributed by atoms with van der Waals surface area (Å²) < 4.78 is 3.10. The molecule has 2 heterocycles. The molecule has 0 saturated heterocycles. The number of nitrogens with zero attached hydrogens (tertiary/aromatic N) is 3. The molecule has 29 heavy (non-hydrogen) atoms. The second-order valence-corrected chi connectivity index (χ2v) is 7.71. The van der Waals surface area contributed by atoms with Crippen LogP contribution in [0, 0.1) is 13.8 Å². The summed E-state index contributed by atoms with van der Waals surface area (Å²) >= 11 is 0. The van der Waals surface area contributed by atoms with Gasteiger partial charge >= 0.3 is 0 Å². The first-order valence-corrected chi connectivity index (χ1v) is 10.1. The highest BCUT2D eigenvalue weighted by atomic mass is 16.2. The smallest absolute Gasteiger partial charge is 0.252 e. The molecule has 2 amide bonds. The Kier molecular flexibility index (Phi) is 6.51. The average Bonchev–Trinajstić information content (AvgIpc) is 3.26. The van der Waals surface area contributed by atoms with Crippen LogP contribution >= 0.6 is 0 Å². The molecule has 0 aromatic carbocycles. The van der Waals surface area contributed by atoms with Gasteiger partial charge in [0.15, 0.2) is 0 Å². The van der Waals surface area contributed by atoms with Crippen LogP contribution in [0.4, 0.5) is 0 Å². The van der Waals surface area contributed by atoms with Crippen LogP contribution in [-0.4, -0.2) is 38.7 Å². The Morgan fingerprint density at radius 3 is 2.59 bits per heavy atom. The summed E-state index contributed by atoms with van der Waals surface area (Å²) in [5, 5.41) is 10.2. The summed E-state index contributed by atoms with van der Waals surface area (Å²) in [6.07, 6.45) is 6.37. The van der Waals surface area contributed by atoms with Gasteiger partial charge in [-0.1, -0.05) is 12.8 Å². The van der Waals surface area contributed by atoms with Gasteiger partial charge in [-0.05, 0) is 44.7 Å². The highest BCUT2D eigenvalue weighted by Crippen LogP contribution is 2.18. The fourth-order valence-electron chi connectivity index (χ4n) is 3.84. The van der Waals surface area contributed by atoms with Crippen molar-refractivity contribution in [3.05, 3.63) is 51.2 Å². The number of carbonyl (C=O) groups is 2. The van der Waals surface area contributed by atoms with Crippen molar-refractivity contribution in [1.82, 2.24) is 25.0 Å². The molecule has 2 aromatic rings. The summed E-state index contributed by atoms with van der Waals surface area (Å²) in [6, 6.07) is 3.04. The fourth-order valence-corrected chi connectivity index (χ4v) is 3.84. The molecule has 3 rings (SSSR count). The first-order chi connectivity index (χ1) is 13.8. The molecule has 0 aliphatic heterocycles. The van der Waals surface area contributed by atoms with E-state index in [2.05, 4.69) is 15.7 Å². The van der Waals surface area contributed by atoms with Crippen LogP contribution < -0.4 is 16.2 Å². The molecule has 0 radical (unpaired) electrons. The second kappa shape index (κ2) is 9.07. The van der Waals surface area contributed by atoms with Crippen molar-refractivity contribution in [3.63, 3.8) is 0 Å². The quantitative estimate of drug-likeness (QED) is 0.732. The van der Waals surface area contributed by atoms with Crippen LogP contribution in [0.25, 0.3) is 0 Å². The Morgan fingerprint density at radius 1 is 1.21 bits per heavy atom. The van der Waals surface area contributed by atoms with Crippen molar-refractivity contribution >= 4 is 11.8 Å². The number of aromatic nitrogens is 3. The summed E-state index contributed by atoms with van der Waals surface area (Å²) in [6.45, 7) is 4.29. The van der Waals surface area contributed by atoms with Gasteiger partial charge in [0.1, 0.15) is 6.54 Å². The lowest BCUT2D eigenvalue weighted by atomic mass is 10.1. The SMILES string of the molecule is Cc1nn(C)c(C)c1CCNC(=O)Cn1cc(C(=O)NC2CCCC2)ccc1=O. The zero-order chi connectivity index (χ0) is 21.0. The van der Waals surface area contributed by atoms with Crippen molar-refractivity contribution in [2.45, 2.75) is 58.5 Å². The Morgan fingerprint density at radius 2 is 1.93 bits per heavy atom. The third kappa shape index (κ3) is 5.13. The maximum absolute atomic E-state index is 12.4. The van der Waals surface area contributed by atoms with E-state index < -0.39 is 0 Å². The third-order valence-corrected chi connectivity index (χ3v) is 5.61. The number of pyridine rings is 1. The molecule has 8 nitrogen and oxygen atoms in total. The number of carbonyl (C=O) groups excluding carboxylic acids is 2. The first kappa shape index (κ1) is 20.8. The molecule has 1 saturated carbocycles. The van der Waals surface area contributed by atoms with Gasteiger partial charge in [0, 0.05) is 37.6 Å². The van der Waals surface area contributed by atoms with Gasteiger partial charge in [-0.2, -0.15) is 5.10 Å². The average molecular weight is 399 g/mol. The van der Waals surface area contributed by atoms with Crippen LogP contribution in [0.1, 0.15) is 53.0 Å². The van der Waals surface area contributed by atoms with E-state index in [1.54, 1.807) is 0 Å². The Hall–Kier alpha value is -2.90. The van der Waals surface area contributed by atoms with E-state index in [4.69, 9.17) is 0 Å². The van der Waals surface area contributed by atoms with Crippen molar-refractivity contribution in [2.24, 2.45) is 7.05 Å². The van der Waals surface area contributed by atoms with Gasteiger partial charge in [0.25, 0.3) is 11.5 Å². The third-order valence-electron chi connectivity index (χ3n) is 5.61.